The summed E-state index contributed by atoms with van der Waals surface area (Å²) in [6.45, 7) is 0. The van der Waals surface area contributed by atoms with Crippen molar-refractivity contribution in [2.75, 3.05) is 4.90 Å². The van der Waals surface area contributed by atoms with Crippen LogP contribution in [0.25, 0.3) is 110 Å². The lowest BCUT2D eigenvalue weighted by Gasteiger charge is -2.25. The molecule has 0 atom stereocenters. The molecule has 14 aromatic rings. The third-order valence-corrected chi connectivity index (χ3v) is 14.0. The van der Waals surface area contributed by atoms with E-state index in [0.29, 0.717) is 0 Å². The summed E-state index contributed by atoms with van der Waals surface area (Å²) < 4.78 is 4.85. The van der Waals surface area contributed by atoms with Crippen molar-refractivity contribution in [2.45, 2.75) is 0 Å². The molecule has 2 heterocycles. The largest absolute Gasteiger partial charge is 0.311 e. The van der Waals surface area contributed by atoms with Crippen LogP contribution in [-0.4, -0.2) is 9.13 Å². The summed E-state index contributed by atoms with van der Waals surface area (Å²) in [5, 5.41) is 12.7. The third-order valence-electron chi connectivity index (χ3n) is 14.0. The average molecular weight is 852 g/mol. The first-order valence-corrected chi connectivity index (χ1v) is 23.1. The van der Waals surface area contributed by atoms with E-state index in [4.69, 9.17) is 0 Å². The summed E-state index contributed by atoms with van der Waals surface area (Å²) in [6, 6.07) is 91.1. The molecule has 0 saturated carbocycles. The number of hydrogen-bond acceptors (Lipinski definition) is 1. The Labute approximate surface area is 387 Å². The molecule has 67 heavy (non-hydrogen) atoms. The molecule has 12 aromatic carbocycles. The fraction of sp³-hybridized carbons (Fsp3) is 0. The number of anilines is 3. The first-order valence-electron chi connectivity index (χ1n) is 23.1. The van der Waals surface area contributed by atoms with Gasteiger partial charge in [0.2, 0.25) is 0 Å². The minimum Gasteiger partial charge on any atom is -0.311 e. The van der Waals surface area contributed by atoms with Crippen LogP contribution in [0.5, 0.6) is 0 Å². The minimum atomic E-state index is 1.12. The number of aromatic nitrogens is 2. The average Bonchev–Trinajstić information content (AvgIpc) is 3.91. The molecule has 0 fully saturated rings. The predicted molar refractivity (Wildman–Crippen MR) is 284 cm³/mol. The molecule has 0 aliphatic carbocycles. The molecule has 0 amide bonds. The highest BCUT2D eigenvalue weighted by molar-refractivity contribution is 6.34. The maximum absolute atomic E-state index is 2.46. The van der Waals surface area contributed by atoms with Gasteiger partial charge in [-0.3, -0.25) is 0 Å². The van der Waals surface area contributed by atoms with Gasteiger partial charge in [-0.05, 0) is 152 Å². The van der Waals surface area contributed by atoms with Gasteiger partial charge >= 0.3 is 0 Å². The van der Waals surface area contributed by atoms with Crippen LogP contribution in [0.1, 0.15) is 0 Å². The Morgan fingerprint density at radius 1 is 0.254 bits per heavy atom. The SMILES string of the molecule is c1ccc(N(c2ccccc2)c2ccc(-c3ccc4ccc5c6c(ccc3c46)cc3c5c4cc(-c5ccc6c(c5)c5ccccc5n6-c5ccccc5)ccc4n3-c3ccccc3)cc2)cc1. The van der Waals surface area contributed by atoms with E-state index in [-0.39, 0.29) is 0 Å². The molecular formula is C64H41N3. The van der Waals surface area contributed by atoms with Gasteiger partial charge in [0.05, 0.1) is 22.1 Å². The van der Waals surface area contributed by atoms with Crippen molar-refractivity contribution in [3.63, 3.8) is 0 Å². The van der Waals surface area contributed by atoms with Gasteiger partial charge in [0.25, 0.3) is 0 Å². The highest BCUT2D eigenvalue weighted by Gasteiger charge is 2.21. The van der Waals surface area contributed by atoms with Crippen molar-refractivity contribution >= 4 is 93.0 Å². The van der Waals surface area contributed by atoms with Crippen LogP contribution in [0.15, 0.2) is 249 Å². The molecule has 2 aromatic heterocycles. The second-order valence-electron chi connectivity index (χ2n) is 17.7. The van der Waals surface area contributed by atoms with Gasteiger partial charge in [-0.2, -0.15) is 0 Å². The van der Waals surface area contributed by atoms with Crippen LogP contribution in [-0.2, 0) is 0 Å². The van der Waals surface area contributed by atoms with Crippen LogP contribution < -0.4 is 4.90 Å². The quantitative estimate of drug-likeness (QED) is 0.146. The summed E-state index contributed by atoms with van der Waals surface area (Å²) in [4.78, 5) is 2.32. The van der Waals surface area contributed by atoms with E-state index in [9.17, 15) is 0 Å². The Hall–Kier alpha value is -8.92. The maximum atomic E-state index is 2.46. The Morgan fingerprint density at radius 2 is 0.731 bits per heavy atom. The van der Waals surface area contributed by atoms with Gasteiger partial charge < -0.3 is 14.0 Å². The first kappa shape index (κ1) is 37.5. The lowest BCUT2D eigenvalue weighted by Crippen LogP contribution is -2.09. The van der Waals surface area contributed by atoms with Crippen LogP contribution in [0.4, 0.5) is 17.1 Å². The predicted octanol–water partition coefficient (Wildman–Crippen LogP) is 17.6. The van der Waals surface area contributed by atoms with Crippen molar-refractivity contribution in [1.82, 2.24) is 9.13 Å². The molecule has 0 spiro atoms. The molecule has 312 valence electrons. The second kappa shape index (κ2) is 14.8. The number of fused-ring (bicyclic) bond motifs is 7. The summed E-state index contributed by atoms with van der Waals surface area (Å²) in [7, 11) is 0. The Kier molecular flexibility index (Phi) is 8.28. The van der Waals surface area contributed by atoms with E-state index in [2.05, 4.69) is 263 Å². The van der Waals surface area contributed by atoms with E-state index in [1.165, 1.54) is 104 Å². The Balaban J connectivity index is 0.960. The Morgan fingerprint density at radius 3 is 1.40 bits per heavy atom. The third kappa shape index (κ3) is 5.78. The topological polar surface area (TPSA) is 13.1 Å². The molecule has 3 heteroatoms. The van der Waals surface area contributed by atoms with Crippen molar-refractivity contribution < 1.29 is 0 Å². The van der Waals surface area contributed by atoms with Gasteiger partial charge in [0.15, 0.2) is 0 Å². The fourth-order valence-corrected chi connectivity index (χ4v) is 11.1. The molecule has 14 rings (SSSR count). The zero-order valence-electron chi connectivity index (χ0n) is 36.5. The number of rotatable bonds is 7. The van der Waals surface area contributed by atoms with Crippen LogP contribution in [0.3, 0.4) is 0 Å². The molecule has 3 nitrogen and oxygen atoms in total. The molecule has 0 N–H and O–H groups in total. The van der Waals surface area contributed by atoms with E-state index in [1.54, 1.807) is 0 Å². The van der Waals surface area contributed by atoms with Gasteiger partial charge in [-0.25, -0.2) is 0 Å². The molecule has 0 bridgehead atoms. The standard InChI is InChI=1S/C64H41N3/c1-5-15-47(16-6-1)65(48-17-7-2-8-18-48)51-32-25-42(26-33-51)52-34-27-43-28-36-55-63-46(29-35-54(52)62(43)63)41-61-64(55)57-40-45(31-38-60(57)67(61)50-21-11-4-12-22-50)44-30-37-59-56(39-44)53-23-13-14-24-58(53)66(59)49-19-9-3-10-20-49/h1-41H. The number of para-hydroxylation sites is 5. The van der Waals surface area contributed by atoms with Gasteiger partial charge in [0, 0.05) is 50.0 Å². The van der Waals surface area contributed by atoms with Gasteiger partial charge in [-0.1, -0.05) is 152 Å². The van der Waals surface area contributed by atoms with Crippen LogP contribution in [0.2, 0.25) is 0 Å². The Bertz CT molecular complexity index is 4130. The molecule has 0 saturated heterocycles. The molecule has 0 aliphatic heterocycles. The summed E-state index contributed by atoms with van der Waals surface area (Å²) in [5.41, 5.74) is 15.4. The van der Waals surface area contributed by atoms with E-state index in [0.717, 1.165) is 22.7 Å². The van der Waals surface area contributed by atoms with Crippen molar-refractivity contribution in [1.29, 1.82) is 0 Å². The van der Waals surface area contributed by atoms with E-state index in [1.807, 2.05) is 0 Å². The van der Waals surface area contributed by atoms with Crippen molar-refractivity contribution in [3.05, 3.63) is 249 Å². The summed E-state index contributed by atoms with van der Waals surface area (Å²) in [5.74, 6) is 0. The normalized spacial score (nSPS) is 11.9. The molecular weight excluding hydrogens is 811 g/mol. The summed E-state index contributed by atoms with van der Waals surface area (Å²) >= 11 is 0. The highest BCUT2D eigenvalue weighted by Crippen LogP contribution is 2.46. The fourth-order valence-electron chi connectivity index (χ4n) is 11.1. The minimum absolute atomic E-state index is 1.12. The number of nitrogens with zero attached hydrogens (tertiary/aromatic N) is 3. The van der Waals surface area contributed by atoms with Gasteiger partial charge in [-0.15, -0.1) is 0 Å². The second-order valence-corrected chi connectivity index (χ2v) is 17.7. The highest BCUT2D eigenvalue weighted by atomic mass is 15.1. The lowest BCUT2D eigenvalue weighted by atomic mass is 9.88. The van der Waals surface area contributed by atoms with Crippen LogP contribution in [0, 0.1) is 0 Å². The molecule has 0 unspecified atom stereocenters. The maximum Gasteiger partial charge on any atom is 0.0553 e. The number of hydrogen-bond donors (Lipinski definition) is 0. The van der Waals surface area contributed by atoms with E-state index < -0.39 is 0 Å². The van der Waals surface area contributed by atoms with Crippen molar-refractivity contribution in [3.8, 4) is 33.6 Å². The van der Waals surface area contributed by atoms with Gasteiger partial charge in [0.1, 0.15) is 0 Å². The van der Waals surface area contributed by atoms with Crippen molar-refractivity contribution in [2.24, 2.45) is 0 Å². The zero-order valence-corrected chi connectivity index (χ0v) is 36.5. The lowest BCUT2D eigenvalue weighted by molar-refractivity contribution is 1.18. The van der Waals surface area contributed by atoms with Crippen LogP contribution >= 0.6 is 0 Å². The smallest absolute Gasteiger partial charge is 0.0553 e. The summed E-state index contributed by atoms with van der Waals surface area (Å²) in [6.07, 6.45) is 0. The first-order chi connectivity index (χ1) is 33.2. The number of benzene rings is 12. The monoisotopic (exact) mass is 851 g/mol. The molecule has 0 aliphatic rings. The van der Waals surface area contributed by atoms with E-state index >= 15 is 0 Å². The zero-order chi connectivity index (χ0) is 44.0. The molecule has 0 radical (unpaired) electrons.